The molecular formula is C26H40ClNO4. The Morgan fingerprint density at radius 2 is 2.09 bits per heavy atom. The van der Waals surface area contributed by atoms with Gasteiger partial charge in [-0.25, -0.2) is 0 Å². The number of fused-ring (bicyclic) bond motifs is 1. The number of nitrogens with zero attached hydrogens (tertiary/aromatic N) is 1. The number of carbonyl (C=O) groups is 2. The third-order valence-corrected chi connectivity index (χ3v) is 6.58. The SMILES string of the molecule is CCCCCCCC(C/C=C/CCC(=O)N(C)C/C(Cl)=C\[C@@]12O[C@@H]1CC=C(C)C2=O)OC. The number of epoxide rings is 1. The van der Waals surface area contributed by atoms with Crippen LogP contribution < -0.4 is 0 Å². The van der Waals surface area contributed by atoms with Crippen LogP contribution in [0.2, 0.25) is 0 Å². The Morgan fingerprint density at radius 1 is 1.34 bits per heavy atom. The Bertz CT molecular complexity index is 729. The fourth-order valence-corrected chi connectivity index (χ4v) is 4.51. The summed E-state index contributed by atoms with van der Waals surface area (Å²) in [4.78, 5) is 26.5. The van der Waals surface area contributed by atoms with Crippen LogP contribution in [0.5, 0.6) is 0 Å². The summed E-state index contributed by atoms with van der Waals surface area (Å²) in [5.41, 5.74) is -0.195. The molecule has 1 saturated heterocycles. The summed E-state index contributed by atoms with van der Waals surface area (Å²) in [5.74, 6) is -0.00133. The van der Waals surface area contributed by atoms with Crippen molar-refractivity contribution in [2.75, 3.05) is 20.7 Å². The molecule has 0 N–H and O–H groups in total. The van der Waals surface area contributed by atoms with Crippen LogP contribution in [0, 0.1) is 0 Å². The predicted octanol–water partition coefficient (Wildman–Crippen LogP) is 5.73. The van der Waals surface area contributed by atoms with Gasteiger partial charge in [-0.15, -0.1) is 0 Å². The number of amides is 1. The van der Waals surface area contributed by atoms with Gasteiger partial charge in [0.05, 0.1) is 12.6 Å². The molecule has 1 heterocycles. The number of carbonyl (C=O) groups excluding carboxylic acids is 2. The molecule has 1 aliphatic heterocycles. The average Bonchev–Trinajstić information content (AvgIpc) is 3.48. The minimum absolute atomic E-state index is 0.0252. The number of hydrogen-bond acceptors (Lipinski definition) is 4. The van der Waals surface area contributed by atoms with Gasteiger partial charge < -0.3 is 14.4 Å². The zero-order valence-electron chi connectivity index (χ0n) is 20.2. The summed E-state index contributed by atoms with van der Waals surface area (Å²) >= 11 is 6.37. The number of unbranched alkanes of at least 4 members (excludes halogenated alkanes) is 4. The second kappa shape index (κ2) is 13.3. The van der Waals surface area contributed by atoms with Gasteiger partial charge in [-0.3, -0.25) is 9.59 Å². The van der Waals surface area contributed by atoms with Crippen LogP contribution in [0.15, 0.2) is 34.9 Å². The maximum absolute atomic E-state index is 12.4. The molecule has 5 nitrogen and oxygen atoms in total. The maximum Gasteiger partial charge on any atom is 0.222 e. The lowest BCUT2D eigenvalue weighted by Crippen LogP contribution is -2.31. The molecule has 0 radical (unpaired) electrons. The zero-order chi connectivity index (χ0) is 23.6. The molecule has 180 valence electrons. The highest BCUT2D eigenvalue weighted by Gasteiger charge is 2.62. The number of rotatable bonds is 15. The van der Waals surface area contributed by atoms with E-state index in [-0.39, 0.29) is 30.4 Å². The highest BCUT2D eigenvalue weighted by atomic mass is 35.5. The van der Waals surface area contributed by atoms with E-state index in [4.69, 9.17) is 21.1 Å². The highest BCUT2D eigenvalue weighted by Crippen LogP contribution is 2.47. The van der Waals surface area contributed by atoms with E-state index in [0.717, 1.165) is 19.3 Å². The van der Waals surface area contributed by atoms with Crippen molar-refractivity contribution < 1.29 is 19.1 Å². The second-order valence-electron chi connectivity index (χ2n) is 9.00. The summed E-state index contributed by atoms with van der Waals surface area (Å²) in [7, 11) is 3.51. The number of Topliss-reactive ketones (excluding diaryl/α,β-unsaturated/α-hetero) is 1. The monoisotopic (exact) mass is 465 g/mol. The number of likely N-dealkylation sites (N-methyl/N-ethyl adjacent to an activating group) is 1. The van der Waals surface area contributed by atoms with Gasteiger partial charge in [-0.1, -0.05) is 68.9 Å². The van der Waals surface area contributed by atoms with Crippen molar-refractivity contribution in [2.45, 2.75) is 95.9 Å². The molecule has 2 rings (SSSR count). The average molecular weight is 466 g/mol. The van der Waals surface area contributed by atoms with Crippen LogP contribution in [0.4, 0.5) is 0 Å². The first-order chi connectivity index (χ1) is 15.3. The first kappa shape index (κ1) is 26.8. The summed E-state index contributed by atoms with van der Waals surface area (Å²) in [6.45, 7) is 4.31. The Kier molecular flexibility index (Phi) is 11.2. The first-order valence-corrected chi connectivity index (χ1v) is 12.4. The molecule has 1 fully saturated rings. The van der Waals surface area contributed by atoms with Crippen LogP contribution >= 0.6 is 11.6 Å². The van der Waals surface area contributed by atoms with Crippen LogP contribution in [0.25, 0.3) is 0 Å². The van der Waals surface area contributed by atoms with Gasteiger partial charge in [0, 0.05) is 25.6 Å². The lowest BCUT2D eigenvalue weighted by Gasteiger charge is -2.18. The molecule has 0 spiro atoms. The molecule has 2 aliphatic rings. The van der Waals surface area contributed by atoms with Crippen molar-refractivity contribution in [3.63, 3.8) is 0 Å². The second-order valence-corrected chi connectivity index (χ2v) is 9.48. The lowest BCUT2D eigenvalue weighted by molar-refractivity contribution is -0.129. The Morgan fingerprint density at radius 3 is 2.81 bits per heavy atom. The summed E-state index contributed by atoms with van der Waals surface area (Å²) in [6.07, 6.45) is 18.1. The fourth-order valence-electron chi connectivity index (χ4n) is 4.17. The van der Waals surface area contributed by atoms with Crippen molar-refractivity contribution in [3.05, 3.63) is 34.9 Å². The summed E-state index contributed by atoms with van der Waals surface area (Å²) in [5, 5.41) is 0.462. The molecule has 0 aromatic carbocycles. The van der Waals surface area contributed by atoms with Gasteiger partial charge >= 0.3 is 0 Å². The molecule has 6 heteroatoms. The smallest absolute Gasteiger partial charge is 0.222 e. The topological polar surface area (TPSA) is 59.1 Å². The standard InChI is InChI=1S/C26H40ClNO4/c1-5-6-7-8-10-13-22(31-4)14-11-9-12-15-24(29)28(3)19-21(27)18-26-23(32-26)17-16-20(2)25(26)30/h9,11,16,18,22-23H,5-8,10,12-15,17,19H2,1-4H3/b11-9+,21-18+/t22?,23-,26-/m1/s1. The number of hydrogen-bond donors (Lipinski definition) is 0. The predicted molar refractivity (Wildman–Crippen MR) is 130 cm³/mol. The normalized spacial score (nSPS) is 23.8. The van der Waals surface area contributed by atoms with E-state index in [1.807, 2.05) is 6.08 Å². The molecule has 1 unspecified atom stereocenters. The van der Waals surface area contributed by atoms with Gasteiger partial charge in [0.15, 0.2) is 11.4 Å². The Hall–Kier alpha value is -1.43. The Balaban J connectivity index is 1.67. The molecule has 1 aliphatic carbocycles. The van der Waals surface area contributed by atoms with Crippen LogP contribution in [-0.4, -0.2) is 55.1 Å². The van der Waals surface area contributed by atoms with E-state index < -0.39 is 5.60 Å². The van der Waals surface area contributed by atoms with Crippen molar-refractivity contribution in [1.29, 1.82) is 0 Å². The number of allylic oxidation sites excluding steroid dienone is 1. The molecule has 0 aromatic rings. The summed E-state index contributed by atoms with van der Waals surface area (Å²) in [6, 6.07) is 0. The van der Waals surface area contributed by atoms with Crippen LogP contribution in [-0.2, 0) is 19.1 Å². The molecule has 0 saturated carbocycles. The van der Waals surface area contributed by atoms with E-state index in [1.165, 1.54) is 32.1 Å². The fraction of sp³-hybridized carbons (Fsp3) is 0.692. The van der Waals surface area contributed by atoms with E-state index >= 15 is 0 Å². The van der Waals surface area contributed by atoms with Gasteiger partial charge in [-0.05, 0) is 44.3 Å². The number of ether oxygens (including phenoxy) is 2. The zero-order valence-corrected chi connectivity index (χ0v) is 21.0. The van der Waals surface area contributed by atoms with E-state index in [0.29, 0.717) is 23.4 Å². The molecule has 32 heavy (non-hydrogen) atoms. The van der Waals surface area contributed by atoms with Crippen molar-refractivity contribution in [2.24, 2.45) is 0 Å². The number of ketones is 1. The third kappa shape index (κ3) is 7.86. The quantitative estimate of drug-likeness (QED) is 0.176. The van der Waals surface area contributed by atoms with Gasteiger partial charge in [-0.2, -0.15) is 0 Å². The van der Waals surface area contributed by atoms with Gasteiger partial charge in [0.25, 0.3) is 0 Å². The molecular weight excluding hydrogens is 426 g/mol. The molecule has 0 bridgehead atoms. The number of methoxy groups -OCH3 is 1. The van der Waals surface area contributed by atoms with Crippen LogP contribution in [0.3, 0.4) is 0 Å². The van der Waals surface area contributed by atoms with Gasteiger partial charge in [0.2, 0.25) is 5.91 Å². The third-order valence-electron chi connectivity index (χ3n) is 6.35. The Labute approximate surface area is 198 Å². The minimum atomic E-state index is -0.906. The van der Waals surface area contributed by atoms with Crippen molar-refractivity contribution in [3.8, 4) is 0 Å². The van der Waals surface area contributed by atoms with Crippen LogP contribution in [0.1, 0.15) is 78.1 Å². The first-order valence-electron chi connectivity index (χ1n) is 12.0. The summed E-state index contributed by atoms with van der Waals surface area (Å²) < 4.78 is 11.2. The van der Waals surface area contributed by atoms with E-state index in [1.54, 1.807) is 32.1 Å². The largest absolute Gasteiger partial charge is 0.381 e. The van der Waals surface area contributed by atoms with Crippen molar-refractivity contribution >= 4 is 23.3 Å². The number of halogens is 1. The van der Waals surface area contributed by atoms with Gasteiger partial charge in [0.1, 0.15) is 6.10 Å². The molecule has 0 aromatic heterocycles. The molecule has 1 amide bonds. The van der Waals surface area contributed by atoms with Crippen molar-refractivity contribution in [1.82, 2.24) is 4.90 Å². The highest BCUT2D eigenvalue weighted by molar-refractivity contribution is 6.30. The molecule has 3 atom stereocenters. The van der Waals surface area contributed by atoms with E-state index in [9.17, 15) is 9.59 Å². The lowest BCUT2D eigenvalue weighted by atomic mass is 9.87. The minimum Gasteiger partial charge on any atom is -0.381 e. The maximum atomic E-state index is 12.4. The van der Waals surface area contributed by atoms with E-state index in [2.05, 4.69) is 19.1 Å².